The summed E-state index contributed by atoms with van der Waals surface area (Å²) >= 11 is 1.46. The average molecular weight is 595 g/mol. The Balaban J connectivity index is 1.55. The summed E-state index contributed by atoms with van der Waals surface area (Å²) in [6, 6.07) is 2.57. The molecule has 0 radical (unpaired) electrons. The Morgan fingerprint density at radius 1 is 1.29 bits per heavy atom. The number of anilines is 1. The number of hydrogen-bond acceptors (Lipinski definition) is 11. The number of allylic oxidation sites excluding steroid dienone is 2. The van der Waals surface area contributed by atoms with Crippen LogP contribution in [0, 0.1) is 11.3 Å². The summed E-state index contributed by atoms with van der Waals surface area (Å²) in [6.45, 7) is 4.93. The first-order chi connectivity index (χ1) is 20.4. The quantitative estimate of drug-likeness (QED) is 0.282. The molecule has 226 valence electrons. The van der Waals surface area contributed by atoms with Crippen molar-refractivity contribution in [2.24, 2.45) is 5.73 Å². The lowest BCUT2D eigenvalue weighted by molar-refractivity contribution is 0.0720. The zero-order valence-electron chi connectivity index (χ0n) is 24.9. The molecule has 3 atom stereocenters. The number of rotatable bonds is 11. The SMILES string of the molecule is CCC/C(C(=O)c1nc(OCC2CCCN2C)c2c(n1)[C@@H](CCOC)COC2)=C(/N)[C@H]1CCCc2sc(N)c(C#N)c21. The first-order valence-corrected chi connectivity index (χ1v) is 15.8. The fraction of sp³-hybridized carbons (Fsp3) is 0.613. The summed E-state index contributed by atoms with van der Waals surface area (Å²) in [4.78, 5) is 27.3. The van der Waals surface area contributed by atoms with Gasteiger partial charge in [-0.15, -0.1) is 11.3 Å². The molecule has 4 heterocycles. The van der Waals surface area contributed by atoms with Gasteiger partial charge in [0, 0.05) is 47.7 Å². The van der Waals surface area contributed by atoms with Crippen LogP contribution in [0.4, 0.5) is 5.00 Å². The van der Waals surface area contributed by atoms with Crippen molar-refractivity contribution in [2.75, 3.05) is 46.3 Å². The minimum absolute atomic E-state index is 0.0384. The number of ether oxygens (including phenoxy) is 3. The zero-order chi connectivity index (χ0) is 29.8. The van der Waals surface area contributed by atoms with Crippen LogP contribution in [0.1, 0.15) is 102 Å². The van der Waals surface area contributed by atoms with Crippen LogP contribution >= 0.6 is 11.3 Å². The number of nitrogens with zero attached hydrogens (tertiary/aromatic N) is 4. The predicted octanol–water partition coefficient (Wildman–Crippen LogP) is 4.43. The maximum atomic E-state index is 14.3. The van der Waals surface area contributed by atoms with E-state index in [-0.39, 0.29) is 23.4 Å². The number of nitrogen functional groups attached to an aromatic ring is 1. The molecule has 1 saturated heterocycles. The van der Waals surface area contributed by atoms with Crippen molar-refractivity contribution >= 4 is 22.1 Å². The second-order valence-corrected chi connectivity index (χ2v) is 12.7. The monoisotopic (exact) mass is 594 g/mol. The standard InChI is InChI=1S/C31H42N6O4S/c1-4-7-21(26(33)20-9-5-10-24-25(20)22(14-32)29(34)42-24)28(38)30-35-27-18(11-13-39-3)15-40-17-23(27)31(36-30)41-16-19-8-6-12-37(19)2/h18-20H,4-13,15-17,33-34H2,1-3H3/b26-21-/t18-,19?,20-/m0/s1. The molecule has 0 saturated carbocycles. The van der Waals surface area contributed by atoms with E-state index >= 15 is 0 Å². The van der Waals surface area contributed by atoms with E-state index < -0.39 is 0 Å². The fourth-order valence-electron chi connectivity index (χ4n) is 6.49. The molecule has 2 aromatic heterocycles. The van der Waals surface area contributed by atoms with Crippen molar-refractivity contribution in [3.8, 4) is 11.9 Å². The summed E-state index contributed by atoms with van der Waals surface area (Å²) in [7, 11) is 3.78. The van der Waals surface area contributed by atoms with Crippen molar-refractivity contribution in [3.63, 3.8) is 0 Å². The van der Waals surface area contributed by atoms with Crippen LogP contribution in [0.15, 0.2) is 11.3 Å². The van der Waals surface area contributed by atoms with Crippen LogP contribution in [0.5, 0.6) is 5.88 Å². The molecule has 5 rings (SSSR count). The highest BCUT2D eigenvalue weighted by Gasteiger charge is 2.34. The van der Waals surface area contributed by atoms with Gasteiger partial charge < -0.3 is 30.6 Å². The smallest absolute Gasteiger partial charge is 0.228 e. The van der Waals surface area contributed by atoms with Gasteiger partial charge in [-0.2, -0.15) is 10.2 Å². The molecule has 2 aliphatic heterocycles. The number of carbonyl (C=O) groups is 1. The van der Waals surface area contributed by atoms with Crippen LogP contribution in [-0.2, 0) is 22.5 Å². The largest absolute Gasteiger partial charge is 0.476 e. The highest BCUT2D eigenvalue weighted by atomic mass is 32.1. The molecular weight excluding hydrogens is 552 g/mol. The lowest BCUT2D eigenvalue weighted by Crippen LogP contribution is -2.31. The number of thiophene rings is 1. The van der Waals surface area contributed by atoms with E-state index in [0.29, 0.717) is 73.0 Å². The Morgan fingerprint density at radius 3 is 2.83 bits per heavy atom. The molecular formula is C31H42N6O4S. The average Bonchev–Trinajstić information content (AvgIpc) is 3.57. The highest BCUT2D eigenvalue weighted by molar-refractivity contribution is 7.16. The van der Waals surface area contributed by atoms with Crippen molar-refractivity contribution in [1.29, 1.82) is 5.26 Å². The molecule has 10 nitrogen and oxygen atoms in total. The lowest BCUT2D eigenvalue weighted by atomic mass is 9.80. The number of nitrogens with two attached hydrogens (primary N) is 2. The Bertz CT molecular complexity index is 1380. The third kappa shape index (κ3) is 6.04. The van der Waals surface area contributed by atoms with Crippen molar-refractivity contribution in [3.05, 3.63) is 44.4 Å². The van der Waals surface area contributed by atoms with Crippen molar-refractivity contribution < 1.29 is 19.0 Å². The molecule has 4 N–H and O–H groups in total. The Morgan fingerprint density at radius 2 is 2.12 bits per heavy atom. The number of likely N-dealkylation sites (tertiary alicyclic amines) is 1. The zero-order valence-corrected chi connectivity index (χ0v) is 25.7. The van der Waals surface area contributed by atoms with Gasteiger partial charge in [-0.3, -0.25) is 4.79 Å². The lowest BCUT2D eigenvalue weighted by Gasteiger charge is -2.28. The summed E-state index contributed by atoms with van der Waals surface area (Å²) in [5.74, 6) is -0.0518. The summed E-state index contributed by atoms with van der Waals surface area (Å²) in [5.41, 5.74) is 17.1. The van der Waals surface area contributed by atoms with Crippen molar-refractivity contribution in [2.45, 2.75) is 82.8 Å². The fourth-order valence-corrected chi connectivity index (χ4v) is 7.61. The molecule has 11 heteroatoms. The van der Waals surface area contributed by atoms with Gasteiger partial charge in [0.15, 0.2) is 0 Å². The molecule has 0 spiro atoms. The minimum atomic E-state index is -0.286. The first-order valence-electron chi connectivity index (χ1n) is 15.0. The Hall–Kier alpha value is -3.04. The molecule has 0 aromatic carbocycles. The number of fused-ring (bicyclic) bond motifs is 2. The van der Waals surface area contributed by atoms with Crippen LogP contribution in [0.25, 0.3) is 0 Å². The minimum Gasteiger partial charge on any atom is -0.476 e. The number of ketones is 1. The molecule has 1 aliphatic carbocycles. The second kappa shape index (κ2) is 13.5. The predicted molar refractivity (Wildman–Crippen MR) is 162 cm³/mol. The van der Waals surface area contributed by atoms with E-state index in [9.17, 15) is 10.1 Å². The van der Waals surface area contributed by atoms with E-state index in [2.05, 4.69) is 18.0 Å². The summed E-state index contributed by atoms with van der Waals surface area (Å²) < 4.78 is 17.6. The molecule has 0 amide bonds. The van der Waals surface area contributed by atoms with Gasteiger partial charge in [-0.25, -0.2) is 4.98 Å². The van der Waals surface area contributed by atoms with Crippen LogP contribution < -0.4 is 16.2 Å². The number of hydrogen-bond donors (Lipinski definition) is 2. The molecule has 2 aromatic rings. The van der Waals surface area contributed by atoms with Crippen molar-refractivity contribution in [1.82, 2.24) is 14.9 Å². The normalized spacial score (nSPS) is 22.7. The molecule has 42 heavy (non-hydrogen) atoms. The van der Waals surface area contributed by atoms with Gasteiger partial charge in [0.05, 0.1) is 30.0 Å². The maximum absolute atomic E-state index is 14.3. The first kappa shape index (κ1) is 30.4. The van der Waals surface area contributed by atoms with E-state index in [0.717, 1.165) is 66.8 Å². The maximum Gasteiger partial charge on any atom is 0.228 e. The third-order valence-electron chi connectivity index (χ3n) is 8.81. The molecule has 1 unspecified atom stereocenters. The number of likely N-dealkylation sites (N-methyl/N-ethyl adjacent to an activating group) is 1. The van der Waals surface area contributed by atoms with E-state index in [1.54, 1.807) is 7.11 Å². The highest BCUT2D eigenvalue weighted by Crippen LogP contribution is 2.45. The third-order valence-corrected chi connectivity index (χ3v) is 9.91. The number of carbonyl (C=O) groups excluding carboxylic acids is 1. The van der Waals surface area contributed by atoms with Gasteiger partial charge in [-0.1, -0.05) is 13.3 Å². The van der Waals surface area contributed by atoms with E-state index in [1.807, 2.05) is 6.92 Å². The Kier molecular flexibility index (Phi) is 9.78. The molecule has 0 bridgehead atoms. The number of aryl methyl sites for hydroxylation is 1. The van der Waals surface area contributed by atoms with Gasteiger partial charge in [0.25, 0.3) is 0 Å². The number of methoxy groups -OCH3 is 1. The number of nitriles is 1. The topological polar surface area (TPSA) is 150 Å². The van der Waals surface area contributed by atoms with E-state index in [1.165, 1.54) is 11.3 Å². The van der Waals surface area contributed by atoms with Gasteiger partial charge in [0.1, 0.15) is 17.7 Å². The van der Waals surface area contributed by atoms with Crippen LogP contribution in [-0.4, -0.2) is 67.2 Å². The number of aromatic nitrogens is 2. The summed E-state index contributed by atoms with van der Waals surface area (Å²) in [6.07, 6.45) is 6.65. The Labute approximate surface area is 252 Å². The van der Waals surface area contributed by atoms with Crippen LogP contribution in [0.3, 0.4) is 0 Å². The van der Waals surface area contributed by atoms with Gasteiger partial charge >= 0.3 is 0 Å². The van der Waals surface area contributed by atoms with Gasteiger partial charge in [0.2, 0.25) is 17.5 Å². The molecule has 1 fully saturated rings. The second-order valence-electron chi connectivity index (χ2n) is 11.5. The number of Topliss-reactive ketones (excluding diaryl/α,β-unsaturated/α-hetero) is 1. The van der Waals surface area contributed by atoms with Crippen LogP contribution in [0.2, 0.25) is 0 Å². The molecule has 3 aliphatic rings. The van der Waals surface area contributed by atoms with Gasteiger partial charge in [-0.05, 0) is 64.1 Å². The summed E-state index contributed by atoms with van der Waals surface area (Å²) in [5, 5.41) is 10.4. The van der Waals surface area contributed by atoms with E-state index in [4.69, 9.17) is 35.6 Å².